The highest BCUT2D eigenvalue weighted by atomic mass is 32.2. The Kier molecular flexibility index (Phi) is 4.67. The van der Waals surface area contributed by atoms with Crippen molar-refractivity contribution in [1.82, 2.24) is 24.8 Å². The lowest BCUT2D eigenvalue weighted by molar-refractivity contribution is -0.138. The van der Waals surface area contributed by atoms with Crippen molar-refractivity contribution in [1.29, 1.82) is 0 Å². The Morgan fingerprint density at radius 3 is 2.82 bits per heavy atom. The van der Waals surface area contributed by atoms with E-state index in [2.05, 4.69) is 20.3 Å². The Hall–Kier alpha value is -3.08. The van der Waals surface area contributed by atoms with Gasteiger partial charge in [-0.3, -0.25) is 0 Å². The number of ether oxygens (including phenoxy) is 1. The summed E-state index contributed by atoms with van der Waals surface area (Å²) in [5.41, 5.74) is 0.940. The summed E-state index contributed by atoms with van der Waals surface area (Å²) in [6.07, 6.45) is -1.35. The second-order valence-electron chi connectivity index (χ2n) is 5.67. The molecule has 0 spiro atoms. The van der Waals surface area contributed by atoms with Crippen LogP contribution in [0.3, 0.4) is 0 Å². The van der Waals surface area contributed by atoms with E-state index in [1.165, 1.54) is 19.5 Å². The summed E-state index contributed by atoms with van der Waals surface area (Å²) < 4.78 is 51.3. The molecule has 0 bridgehead atoms. The number of thioether (sulfide) groups is 1. The van der Waals surface area contributed by atoms with Gasteiger partial charge in [-0.1, -0.05) is 17.8 Å². The minimum Gasteiger partial charge on any atom is -0.496 e. The van der Waals surface area contributed by atoms with Crippen molar-refractivity contribution in [3.63, 3.8) is 0 Å². The minimum absolute atomic E-state index is 0.217. The molecule has 0 atom stereocenters. The third-order valence-corrected chi connectivity index (χ3v) is 4.76. The molecule has 0 amide bonds. The fraction of sp³-hybridized carbons (Fsp3) is 0.176. The van der Waals surface area contributed by atoms with E-state index < -0.39 is 11.7 Å². The Morgan fingerprint density at radius 1 is 1.18 bits per heavy atom. The van der Waals surface area contributed by atoms with Crippen molar-refractivity contribution in [2.45, 2.75) is 17.2 Å². The molecule has 3 aromatic heterocycles. The number of benzene rings is 1. The summed E-state index contributed by atoms with van der Waals surface area (Å²) in [5, 5.41) is 12.2. The van der Waals surface area contributed by atoms with Gasteiger partial charge >= 0.3 is 6.18 Å². The minimum atomic E-state index is -4.50. The Labute approximate surface area is 160 Å². The maximum atomic E-state index is 13.1. The van der Waals surface area contributed by atoms with Gasteiger partial charge in [-0.25, -0.2) is 9.50 Å². The summed E-state index contributed by atoms with van der Waals surface area (Å²) >= 11 is 1.15. The number of pyridine rings is 1. The molecule has 4 aromatic rings. The lowest BCUT2D eigenvalue weighted by Gasteiger charge is -2.13. The van der Waals surface area contributed by atoms with E-state index in [0.29, 0.717) is 22.7 Å². The van der Waals surface area contributed by atoms with Gasteiger partial charge in [-0.05, 0) is 29.8 Å². The first-order chi connectivity index (χ1) is 13.4. The molecule has 3 heterocycles. The number of alkyl halides is 3. The lowest BCUT2D eigenvalue weighted by Crippen LogP contribution is -2.08. The third-order valence-electron chi connectivity index (χ3n) is 3.87. The zero-order valence-corrected chi connectivity index (χ0v) is 15.2. The van der Waals surface area contributed by atoms with E-state index >= 15 is 0 Å². The van der Waals surface area contributed by atoms with Crippen molar-refractivity contribution in [3.8, 4) is 17.2 Å². The van der Waals surface area contributed by atoms with Crippen LogP contribution in [0.5, 0.6) is 5.75 Å². The molecule has 4 rings (SSSR count). The number of hydrogen-bond donors (Lipinski definition) is 0. The number of fused-ring (bicyclic) bond motifs is 1. The number of nitrogens with zero attached hydrogens (tertiary/aromatic N) is 5. The van der Waals surface area contributed by atoms with Crippen molar-refractivity contribution >= 4 is 17.4 Å². The third kappa shape index (κ3) is 3.65. The predicted octanol–water partition coefficient (Wildman–Crippen LogP) is 4.10. The maximum Gasteiger partial charge on any atom is 0.419 e. The summed E-state index contributed by atoms with van der Waals surface area (Å²) in [6.45, 7) is 0. The standard InChI is InChI=1S/C17H12F3N5O2S/c1-26-13-3-2-10(6-12(13)17(18,19)20)8-28-16-24-23-15(27-16)11-4-5-25-14(7-11)21-9-22-25/h2-7,9H,8H2,1H3. The van der Waals surface area contributed by atoms with Gasteiger partial charge in [0.05, 0.1) is 12.7 Å². The monoisotopic (exact) mass is 407 g/mol. The van der Waals surface area contributed by atoms with E-state index in [9.17, 15) is 13.2 Å². The number of rotatable bonds is 5. The molecule has 11 heteroatoms. The maximum absolute atomic E-state index is 13.1. The summed E-state index contributed by atoms with van der Waals surface area (Å²) in [4.78, 5) is 4.08. The van der Waals surface area contributed by atoms with Crippen molar-refractivity contribution < 1.29 is 22.3 Å². The molecule has 0 saturated carbocycles. The molecule has 0 saturated heterocycles. The highest BCUT2D eigenvalue weighted by molar-refractivity contribution is 7.98. The number of methoxy groups -OCH3 is 1. The van der Waals surface area contributed by atoms with Crippen LogP contribution in [0, 0.1) is 0 Å². The van der Waals surface area contributed by atoms with Crippen molar-refractivity contribution in [2.75, 3.05) is 7.11 Å². The fourth-order valence-corrected chi connectivity index (χ4v) is 3.25. The molecule has 1 aromatic carbocycles. The first kappa shape index (κ1) is 18.3. The van der Waals surface area contributed by atoms with Crippen LogP contribution in [0.1, 0.15) is 11.1 Å². The van der Waals surface area contributed by atoms with E-state index in [1.807, 2.05) is 0 Å². The van der Waals surface area contributed by atoms with E-state index in [1.54, 1.807) is 28.9 Å². The summed E-state index contributed by atoms with van der Waals surface area (Å²) in [7, 11) is 1.20. The van der Waals surface area contributed by atoms with Gasteiger partial charge in [-0.2, -0.15) is 18.3 Å². The van der Waals surface area contributed by atoms with Crippen LogP contribution in [0.25, 0.3) is 17.1 Å². The second kappa shape index (κ2) is 7.15. The van der Waals surface area contributed by atoms with Gasteiger partial charge in [0.25, 0.3) is 5.22 Å². The highest BCUT2D eigenvalue weighted by Crippen LogP contribution is 2.37. The predicted molar refractivity (Wildman–Crippen MR) is 93.8 cm³/mol. The van der Waals surface area contributed by atoms with Crippen molar-refractivity contribution in [2.24, 2.45) is 0 Å². The Bertz CT molecular complexity index is 1130. The van der Waals surface area contributed by atoms with E-state index in [4.69, 9.17) is 9.15 Å². The zero-order chi connectivity index (χ0) is 19.7. The van der Waals surface area contributed by atoms with Gasteiger partial charge < -0.3 is 9.15 Å². The molecule has 28 heavy (non-hydrogen) atoms. The first-order valence-electron chi connectivity index (χ1n) is 7.94. The summed E-state index contributed by atoms with van der Waals surface area (Å²) in [6, 6.07) is 7.42. The van der Waals surface area contributed by atoms with Gasteiger partial charge in [0.2, 0.25) is 5.89 Å². The molecule has 0 unspecified atom stereocenters. The molecule has 0 radical (unpaired) electrons. The fourth-order valence-electron chi connectivity index (χ4n) is 2.54. The normalized spacial score (nSPS) is 11.9. The molecule has 0 aliphatic rings. The molecular formula is C17H12F3N5O2S. The molecule has 0 N–H and O–H groups in total. The molecular weight excluding hydrogens is 395 g/mol. The van der Waals surface area contributed by atoms with Crippen LogP contribution < -0.4 is 4.74 Å². The van der Waals surface area contributed by atoms with Gasteiger partial charge in [0.15, 0.2) is 5.65 Å². The molecule has 0 aliphatic carbocycles. The van der Waals surface area contributed by atoms with Crippen LogP contribution in [-0.2, 0) is 11.9 Å². The SMILES string of the molecule is COc1ccc(CSc2nnc(-c3ccn4ncnc4c3)o2)cc1C(F)(F)F. The van der Waals surface area contributed by atoms with Crippen LogP contribution in [0.15, 0.2) is 52.5 Å². The number of aromatic nitrogens is 5. The average Bonchev–Trinajstić information content (AvgIpc) is 3.34. The molecule has 144 valence electrons. The van der Waals surface area contributed by atoms with Crippen LogP contribution in [0.2, 0.25) is 0 Å². The van der Waals surface area contributed by atoms with Gasteiger partial charge in [-0.15, -0.1) is 10.2 Å². The molecule has 0 fully saturated rings. The number of halogens is 3. The zero-order valence-electron chi connectivity index (χ0n) is 14.3. The lowest BCUT2D eigenvalue weighted by atomic mass is 10.1. The molecule has 0 aliphatic heterocycles. The Balaban J connectivity index is 1.50. The Morgan fingerprint density at radius 2 is 2.04 bits per heavy atom. The van der Waals surface area contributed by atoms with Crippen molar-refractivity contribution in [3.05, 3.63) is 54.0 Å². The first-order valence-corrected chi connectivity index (χ1v) is 8.93. The van der Waals surface area contributed by atoms with Crippen LogP contribution >= 0.6 is 11.8 Å². The summed E-state index contributed by atoms with van der Waals surface area (Å²) in [5.74, 6) is 0.307. The van der Waals surface area contributed by atoms with Crippen LogP contribution in [-0.4, -0.2) is 31.9 Å². The van der Waals surface area contributed by atoms with E-state index in [0.717, 1.165) is 17.8 Å². The second-order valence-corrected chi connectivity index (χ2v) is 6.60. The average molecular weight is 407 g/mol. The number of hydrogen-bond acceptors (Lipinski definition) is 7. The van der Waals surface area contributed by atoms with Gasteiger partial charge in [0.1, 0.15) is 12.1 Å². The topological polar surface area (TPSA) is 78.3 Å². The largest absolute Gasteiger partial charge is 0.496 e. The quantitative estimate of drug-likeness (QED) is 0.461. The smallest absolute Gasteiger partial charge is 0.419 e. The van der Waals surface area contributed by atoms with E-state index in [-0.39, 0.29) is 16.7 Å². The highest BCUT2D eigenvalue weighted by Gasteiger charge is 2.34. The van der Waals surface area contributed by atoms with Gasteiger partial charge in [0, 0.05) is 17.5 Å². The molecule has 7 nitrogen and oxygen atoms in total. The van der Waals surface area contributed by atoms with Crippen LogP contribution in [0.4, 0.5) is 13.2 Å².